The highest BCUT2D eigenvalue weighted by atomic mass is 16.3. The summed E-state index contributed by atoms with van der Waals surface area (Å²) in [7, 11) is 0. The number of nitrogens with one attached hydrogen (secondary N) is 1. The number of imide groups is 1. The molecule has 2 aliphatic heterocycles. The number of urea groups is 1. The highest BCUT2D eigenvalue weighted by molar-refractivity contribution is 6.08. The fourth-order valence-corrected chi connectivity index (χ4v) is 3.51. The minimum atomic E-state index is -1.28. The molecule has 1 N–H and O–H groups in total. The smallest absolute Gasteiger partial charge is 0.325 e. The fourth-order valence-electron chi connectivity index (χ4n) is 3.51. The zero-order chi connectivity index (χ0) is 18.3. The Hall–Kier alpha value is -3.09. The van der Waals surface area contributed by atoms with Crippen LogP contribution in [0.5, 0.6) is 0 Å². The average Bonchev–Trinajstić information content (AvgIpc) is 3.26. The average molecular weight is 353 g/mol. The summed E-state index contributed by atoms with van der Waals surface area (Å²) >= 11 is 0. The number of carbonyl (C=O) groups excluding carboxylic acids is 3. The van der Waals surface area contributed by atoms with E-state index in [0.717, 1.165) is 16.9 Å². The lowest BCUT2D eigenvalue weighted by Crippen LogP contribution is -2.45. The van der Waals surface area contributed by atoms with Crippen LogP contribution in [-0.4, -0.2) is 40.7 Å². The normalized spacial score (nSPS) is 22.3. The third-order valence-corrected chi connectivity index (χ3v) is 5.07. The van der Waals surface area contributed by atoms with Gasteiger partial charge in [-0.2, -0.15) is 0 Å². The third kappa shape index (κ3) is 2.56. The minimum Gasteiger partial charge on any atom is -0.466 e. The van der Waals surface area contributed by atoms with Gasteiger partial charge in [0.25, 0.3) is 5.91 Å². The van der Waals surface area contributed by atoms with Crippen molar-refractivity contribution < 1.29 is 18.8 Å². The number of amides is 4. The Balaban J connectivity index is 1.48. The molecule has 2 aliphatic rings. The first-order valence-electron chi connectivity index (χ1n) is 8.52. The number of hydrogen-bond acceptors (Lipinski definition) is 4. The van der Waals surface area contributed by atoms with Gasteiger partial charge in [0.15, 0.2) is 5.54 Å². The van der Waals surface area contributed by atoms with Crippen molar-refractivity contribution in [2.45, 2.75) is 25.4 Å². The van der Waals surface area contributed by atoms with Crippen LogP contribution in [-0.2, 0) is 28.1 Å². The van der Waals surface area contributed by atoms with Crippen molar-refractivity contribution in [1.29, 1.82) is 0 Å². The Morgan fingerprint density at radius 3 is 2.69 bits per heavy atom. The number of hydrogen-bond donors (Lipinski definition) is 1. The number of benzene rings is 1. The topological polar surface area (TPSA) is 82.9 Å². The Morgan fingerprint density at radius 1 is 1.19 bits per heavy atom. The SMILES string of the molecule is CC1(c2ccco2)NC(=O)N(CC(=O)N2CCc3ccccc3C2)C1=O. The molecule has 0 aliphatic carbocycles. The molecule has 1 aromatic carbocycles. The minimum absolute atomic E-state index is 0.244. The van der Waals surface area contributed by atoms with E-state index in [2.05, 4.69) is 11.4 Å². The van der Waals surface area contributed by atoms with Crippen molar-refractivity contribution >= 4 is 17.8 Å². The van der Waals surface area contributed by atoms with Crippen LogP contribution >= 0.6 is 0 Å². The van der Waals surface area contributed by atoms with Crippen molar-refractivity contribution in [3.63, 3.8) is 0 Å². The molecular weight excluding hydrogens is 334 g/mol. The van der Waals surface area contributed by atoms with E-state index >= 15 is 0 Å². The van der Waals surface area contributed by atoms with Crippen LogP contribution in [0.4, 0.5) is 4.79 Å². The molecule has 0 bridgehead atoms. The molecule has 7 nitrogen and oxygen atoms in total. The first-order valence-corrected chi connectivity index (χ1v) is 8.52. The van der Waals surface area contributed by atoms with E-state index in [9.17, 15) is 14.4 Å². The lowest BCUT2D eigenvalue weighted by atomic mass is 9.99. The second-order valence-electron chi connectivity index (χ2n) is 6.76. The molecule has 4 rings (SSSR count). The summed E-state index contributed by atoms with van der Waals surface area (Å²) in [6.07, 6.45) is 2.21. The maximum Gasteiger partial charge on any atom is 0.325 e. The highest BCUT2D eigenvalue weighted by Gasteiger charge is 2.51. The summed E-state index contributed by atoms with van der Waals surface area (Å²) in [5, 5.41) is 2.63. The van der Waals surface area contributed by atoms with E-state index in [1.807, 2.05) is 18.2 Å². The van der Waals surface area contributed by atoms with Gasteiger partial charge in [0, 0.05) is 13.1 Å². The van der Waals surface area contributed by atoms with Crippen LogP contribution in [0.25, 0.3) is 0 Å². The van der Waals surface area contributed by atoms with Crippen LogP contribution in [0.3, 0.4) is 0 Å². The molecule has 0 spiro atoms. The van der Waals surface area contributed by atoms with Crippen molar-refractivity contribution in [3.8, 4) is 0 Å². The van der Waals surface area contributed by atoms with Crippen LogP contribution < -0.4 is 5.32 Å². The fraction of sp³-hybridized carbons (Fsp3) is 0.316. The van der Waals surface area contributed by atoms with Gasteiger partial charge in [-0.3, -0.25) is 14.5 Å². The molecule has 1 saturated heterocycles. The standard InChI is InChI=1S/C19H19N3O4/c1-19(15-7-4-10-26-15)17(24)22(18(25)20-19)12-16(23)21-9-8-13-5-2-3-6-14(13)11-21/h2-7,10H,8-9,11-12H2,1H3,(H,20,25). The zero-order valence-corrected chi connectivity index (χ0v) is 14.4. The second-order valence-corrected chi connectivity index (χ2v) is 6.76. The molecule has 134 valence electrons. The van der Waals surface area contributed by atoms with Crippen molar-refractivity contribution in [1.82, 2.24) is 15.1 Å². The Kier molecular flexibility index (Phi) is 3.79. The molecular formula is C19H19N3O4. The van der Waals surface area contributed by atoms with Gasteiger partial charge in [-0.25, -0.2) is 4.79 Å². The van der Waals surface area contributed by atoms with Gasteiger partial charge in [0.1, 0.15) is 12.3 Å². The monoisotopic (exact) mass is 353 g/mol. The molecule has 7 heteroatoms. The van der Waals surface area contributed by atoms with E-state index in [-0.39, 0.29) is 12.5 Å². The van der Waals surface area contributed by atoms with Gasteiger partial charge in [-0.15, -0.1) is 0 Å². The molecule has 1 unspecified atom stereocenters. The largest absolute Gasteiger partial charge is 0.466 e. The molecule has 1 fully saturated rings. The summed E-state index contributed by atoms with van der Waals surface area (Å²) in [6.45, 7) is 2.37. The van der Waals surface area contributed by atoms with Gasteiger partial charge in [-0.05, 0) is 36.6 Å². The van der Waals surface area contributed by atoms with E-state index in [4.69, 9.17) is 4.42 Å². The van der Waals surface area contributed by atoms with Crippen molar-refractivity contribution in [2.75, 3.05) is 13.1 Å². The van der Waals surface area contributed by atoms with E-state index in [1.54, 1.807) is 24.0 Å². The molecule has 2 aromatic rings. The van der Waals surface area contributed by atoms with E-state index in [0.29, 0.717) is 18.8 Å². The lowest BCUT2D eigenvalue weighted by Gasteiger charge is -2.30. The zero-order valence-electron chi connectivity index (χ0n) is 14.4. The van der Waals surface area contributed by atoms with E-state index < -0.39 is 17.5 Å². The van der Waals surface area contributed by atoms with Crippen LogP contribution in [0, 0.1) is 0 Å². The number of furan rings is 1. The summed E-state index contributed by atoms with van der Waals surface area (Å²) in [5.74, 6) is -0.382. The quantitative estimate of drug-likeness (QED) is 0.850. The Bertz CT molecular complexity index is 877. The predicted molar refractivity (Wildman–Crippen MR) is 91.9 cm³/mol. The first kappa shape index (κ1) is 16.4. The number of fused-ring (bicyclic) bond motifs is 1. The maximum atomic E-state index is 12.8. The van der Waals surface area contributed by atoms with Gasteiger partial charge in [0.2, 0.25) is 5.91 Å². The summed E-state index contributed by atoms with van der Waals surface area (Å²) < 4.78 is 5.29. The van der Waals surface area contributed by atoms with Gasteiger partial charge >= 0.3 is 6.03 Å². The van der Waals surface area contributed by atoms with Gasteiger partial charge in [-0.1, -0.05) is 24.3 Å². The van der Waals surface area contributed by atoms with E-state index in [1.165, 1.54) is 11.8 Å². The summed E-state index contributed by atoms with van der Waals surface area (Å²) in [6, 6.07) is 10.7. The lowest BCUT2D eigenvalue weighted by molar-refractivity contribution is -0.139. The molecule has 0 saturated carbocycles. The van der Waals surface area contributed by atoms with Crippen LogP contribution in [0.1, 0.15) is 23.8 Å². The van der Waals surface area contributed by atoms with Gasteiger partial charge in [0.05, 0.1) is 6.26 Å². The Labute approximate surface area is 150 Å². The Morgan fingerprint density at radius 2 is 1.96 bits per heavy atom. The number of rotatable bonds is 3. The van der Waals surface area contributed by atoms with Gasteiger partial charge < -0.3 is 14.6 Å². The summed E-state index contributed by atoms with van der Waals surface area (Å²) in [5.41, 5.74) is 1.05. The summed E-state index contributed by atoms with van der Waals surface area (Å²) in [4.78, 5) is 40.4. The second kappa shape index (κ2) is 6.01. The maximum absolute atomic E-state index is 12.8. The number of carbonyl (C=O) groups is 3. The van der Waals surface area contributed by atoms with Crippen molar-refractivity contribution in [3.05, 3.63) is 59.5 Å². The number of nitrogens with zero attached hydrogens (tertiary/aromatic N) is 2. The van der Waals surface area contributed by atoms with Crippen LogP contribution in [0.15, 0.2) is 47.1 Å². The third-order valence-electron chi connectivity index (χ3n) is 5.07. The molecule has 3 heterocycles. The van der Waals surface area contributed by atoms with Crippen molar-refractivity contribution in [2.24, 2.45) is 0 Å². The molecule has 4 amide bonds. The molecule has 26 heavy (non-hydrogen) atoms. The highest BCUT2D eigenvalue weighted by Crippen LogP contribution is 2.29. The molecule has 1 atom stereocenters. The molecule has 0 radical (unpaired) electrons. The predicted octanol–water partition coefficient (Wildman–Crippen LogP) is 1.63. The first-order chi connectivity index (χ1) is 12.5. The molecule has 1 aromatic heterocycles. The van der Waals surface area contributed by atoms with Crippen LogP contribution in [0.2, 0.25) is 0 Å².